The zero-order valence-corrected chi connectivity index (χ0v) is 8.58. The highest BCUT2D eigenvalue weighted by Crippen LogP contribution is 2.21. The number of allylic oxidation sites excluding steroid dienone is 2. The molecule has 1 unspecified atom stereocenters. The van der Waals surface area contributed by atoms with Crippen LogP contribution in [0.5, 0.6) is 0 Å². The summed E-state index contributed by atoms with van der Waals surface area (Å²) in [5.74, 6) is 1.31. The first-order valence-electron chi connectivity index (χ1n) is 4.41. The van der Waals surface area contributed by atoms with Crippen LogP contribution in [-0.4, -0.2) is 32.6 Å². The zero-order chi connectivity index (χ0) is 9.84. The molecule has 0 spiro atoms. The molecule has 0 amide bonds. The molecule has 1 atom stereocenters. The summed E-state index contributed by atoms with van der Waals surface area (Å²) in [6.45, 7) is 4.99. The lowest BCUT2D eigenvalue weighted by atomic mass is 9.95. The molecule has 0 bridgehead atoms. The van der Waals surface area contributed by atoms with Gasteiger partial charge in [-0.2, -0.15) is 0 Å². The SMILES string of the molecule is C=C1C=CC(OC)=CC1CN(C)C. The van der Waals surface area contributed by atoms with Crippen LogP contribution in [0.15, 0.2) is 36.1 Å². The molecular weight excluding hydrogens is 162 g/mol. The van der Waals surface area contributed by atoms with Gasteiger partial charge in [0, 0.05) is 12.5 Å². The fourth-order valence-electron chi connectivity index (χ4n) is 1.37. The number of hydrogen-bond donors (Lipinski definition) is 0. The average molecular weight is 179 g/mol. The van der Waals surface area contributed by atoms with Crippen LogP contribution < -0.4 is 0 Å². The van der Waals surface area contributed by atoms with Crippen molar-refractivity contribution in [3.8, 4) is 0 Å². The van der Waals surface area contributed by atoms with E-state index in [1.54, 1.807) is 7.11 Å². The van der Waals surface area contributed by atoms with Gasteiger partial charge in [-0.05, 0) is 31.8 Å². The minimum atomic E-state index is 0.384. The molecule has 0 saturated heterocycles. The van der Waals surface area contributed by atoms with Crippen LogP contribution in [0.4, 0.5) is 0 Å². The molecule has 1 aliphatic carbocycles. The highest BCUT2D eigenvalue weighted by atomic mass is 16.5. The van der Waals surface area contributed by atoms with Gasteiger partial charge >= 0.3 is 0 Å². The van der Waals surface area contributed by atoms with Gasteiger partial charge in [0.05, 0.1) is 7.11 Å². The summed E-state index contributed by atoms with van der Waals surface area (Å²) in [6.07, 6.45) is 6.09. The molecule has 13 heavy (non-hydrogen) atoms. The second-order valence-corrected chi connectivity index (χ2v) is 3.55. The summed E-state index contributed by atoms with van der Waals surface area (Å²) >= 11 is 0. The van der Waals surface area contributed by atoms with E-state index < -0.39 is 0 Å². The monoisotopic (exact) mass is 179 g/mol. The largest absolute Gasteiger partial charge is 0.497 e. The molecule has 1 aliphatic rings. The van der Waals surface area contributed by atoms with Crippen LogP contribution in [0.3, 0.4) is 0 Å². The summed E-state index contributed by atoms with van der Waals surface area (Å²) < 4.78 is 5.17. The van der Waals surface area contributed by atoms with Crippen molar-refractivity contribution in [3.05, 3.63) is 36.1 Å². The Morgan fingerprint density at radius 3 is 2.69 bits per heavy atom. The number of rotatable bonds is 3. The van der Waals surface area contributed by atoms with Crippen molar-refractivity contribution in [2.75, 3.05) is 27.7 Å². The maximum absolute atomic E-state index is 5.17. The number of hydrogen-bond acceptors (Lipinski definition) is 2. The molecule has 0 aromatic heterocycles. The van der Waals surface area contributed by atoms with Crippen molar-refractivity contribution < 1.29 is 4.74 Å². The van der Waals surface area contributed by atoms with E-state index in [1.807, 2.05) is 12.2 Å². The number of nitrogens with zero attached hydrogens (tertiary/aromatic N) is 1. The first kappa shape index (κ1) is 10.1. The molecule has 0 heterocycles. The zero-order valence-electron chi connectivity index (χ0n) is 8.58. The van der Waals surface area contributed by atoms with Gasteiger partial charge in [-0.3, -0.25) is 0 Å². The fraction of sp³-hybridized carbons (Fsp3) is 0.455. The minimum Gasteiger partial charge on any atom is -0.497 e. The van der Waals surface area contributed by atoms with Crippen LogP contribution in [0, 0.1) is 5.92 Å². The van der Waals surface area contributed by atoms with Crippen LogP contribution in [0.1, 0.15) is 0 Å². The molecule has 0 aliphatic heterocycles. The predicted octanol–water partition coefficient (Wildman–Crippen LogP) is 1.82. The second kappa shape index (κ2) is 4.28. The quantitative estimate of drug-likeness (QED) is 0.655. The Kier molecular flexibility index (Phi) is 3.32. The van der Waals surface area contributed by atoms with Crippen molar-refractivity contribution in [1.29, 1.82) is 0 Å². The summed E-state index contributed by atoms with van der Waals surface area (Å²) in [7, 11) is 5.81. The fourth-order valence-corrected chi connectivity index (χ4v) is 1.37. The van der Waals surface area contributed by atoms with E-state index in [-0.39, 0.29) is 0 Å². The van der Waals surface area contributed by atoms with Crippen LogP contribution in [0.2, 0.25) is 0 Å². The third kappa shape index (κ3) is 2.74. The minimum absolute atomic E-state index is 0.384. The molecule has 0 aromatic carbocycles. The van der Waals surface area contributed by atoms with Crippen LogP contribution in [0.25, 0.3) is 0 Å². The molecule has 0 fully saturated rings. The summed E-state index contributed by atoms with van der Waals surface area (Å²) in [5.41, 5.74) is 1.15. The van der Waals surface area contributed by atoms with Gasteiger partial charge in [-0.25, -0.2) is 0 Å². The summed E-state index contributed by atoms with van der Waals surface area (Å²) in [6, 6.07) is 0. The number of methoxy groups -OCH3 is 1. The molecule has 2 nitrogen and oxygen atoms in total. The Morgan fingerprint density at radius 1 is 1.46 bits per heavy atom. The third-order valence-corrected chi connectivity index (χ3v) is 2.10. The second-order valence-electron chi connectivity index (χ2n) is 3.55. The molecule has 72 valence electrons. The molecule has 0 radical (unpaired) electrons. The summed E-state index contributed by atoms with van der Waals surface area (Å²) in [5, 5.41) is 0. The van der Waals surface area contributed by atoms with E-state index in [4.69, 9.17) is 4.74 Å². The van der Waals surface area contributed by atoms with E-state index in [1.165, 1.54) is 0 Å². The van der Waals surface area contributed by atoms with Crippen LogP contribution in [-0.2, 0) is 4.74 Å². The van der Waals surface area contributed by atoms with E-state index >= 15 is 0 Å². The Labute approximate surface area is 80.2 Å². The molecule has 0 saturated carbocycles. The van der Waals surface area contributed by atoms with E-state index in [2.05, 4.69) is 31.7 Å². The van der Waals surface area contributed by atoms with E-state index in [0.29, 0.717) is 5.92 Å². The first-order chi connectivity index (χ1) is 6.13. The van der Waals surface area contributed by atoms with Gasteiger partial charge in [-0.15, -0.1) is 0 Å². The van der Waals surface area contributed by atoms with Gasteiger partial charge in [-0.1, -0.05) is 12.7 Å². The van der Waals surface area contributed by atoms with Crippen molar-refractivity contribution in [3.63, 3.8) is 0 Å². The highest BCUT2D eigenvalue weighted by molar-refractivity contribution is 5.34. The maximum Gasteiger partial charge on any atom is 0.115 e. The van der Waals surface area contributed by atoms with Gasteiger partial charge in [0.1, 0.15) is 5.76 Å². The Hall–Kier alpha value is -1.02. The predicted molar refractivity (Wildman–Crippen MR) is 55.4 cm³/mol. The maximum atomic E-state index is 5.17. The lowest BCUT2D eigenvalue weighted by Crippen LogP contribution is -2.22. The van der Waals surface area contributed by atoms with Crippen molar-refractivity contribution in [1.82, 2.24) is 4.90 Å². The Morgan fingerprint density at radius 2 is 2.15 bits per heavy atom. The van der Waals surface area contributed by atoms with Crippen molar-refractivity contribution in [2.24, 2.45) is 5.92 Å². The summed E-state index contributed by atoms with van der Waals surface area (Å²) in [4.78, 5) is 2.15. The van der Waals surface area contributed by atoms with Crippen LogP contribution >= 0.6 is 0 Å². The topological polar surface area (TPSA) is 12.5 Å². The van der Waals surface area contributed by atoms with E-state index in [9.17, 15) is 0 Å². The van der Waals surface area contributed by atoms with Gasteiger partial charge in [0.25, 0.3) is 0 Å². The van der Waals surface area contributed by atoms with E-state index in [0.717, 1.165) is 17.9 Å². The first-order valence-corrected chi connectivity index (χ1v) is 4.41. The normalized spacial score (nSPS) is 22.0. The third-order valence-electron chi connectivity index (χ3n) is 2.10. The Bertz CT molecular complexity index is 251. The Balaban J connectivity index is 2.67. The molecule has 0 N–H and O–H groups in total. The lowest BCUT2D eigenvalue weighted by Gasteiger charge is -2.21. The lowest BCUT2D eigenvalue weighted by molar-refractivity contribution is 0.297. The van der Waals surface area contributed by atoms with Gasteiger partial charge in [0.2, 0.25) is 0 Å². The van der Waals surface area contributed by atoms with Gasteiger partial charge in [0.15, 0.2) is 0 Å². The standard InChI is InChI=1S/C11H17NO/c1-9-5-6-11(13-4)7-10(9)8-12(2)3/h5-7,10H,1,8H2,2-4H3. The highest BCUT2D eigenvalue weighted by Gasteiger charge is 2.13. The van der Waals surface area contributed by atoms with Crippen molar-refractivity contribution in [2.45, 2.75) is 0 Å². The van der Waals surface area contributed by atoms with Crippen molar-refractivity contribution >= 4 is 0 Å². The average Bonchev–Trinajstić information content (AvgIpc) is 2.08. The molecular formula is C11H17NO. The van der Waals surface area contributed by atoms with Gasteiger partial charge < -0.3 is 9.64 Å². The molecule has 1 rings (SSSR count). The number of ether oxygens (including phenoxy) is 1. The smallest absolute Gasteiger partial charge is 0.115 e. The molecule has 2 heteroatoms. The molecule has 0 aromatic rings.